The number of amides is 2. The molecule has 0 aromatic heterocycles. The van der Waals surface area contributed by atoms with Crippen LogP contribution in [0.25, 0.3) is 0 Å². The van der Waals surface area contributed by atoms with Gasteiger partial charge in [0.15, 0.2) is 0 Å². The average molecular weight is 338 g/mol. The SMILES string of the molecule is O=C(NCCCS(=O)(=O)[O-])NC12CC3CC(CC(C3)C1)C2.[Na+]. The maximum absolute atomic E-state index is 12.0. The van der Waals surface area contributed by atoms with Crippen LogP contribution in [0.5, 0.6) is 0 Å². The number of rotatable bonds is 5. The Hall–Kier alpha value is 0.180. The molecule has 0 atom stereocenters. The number of hydrogen-bond acceptors (Lipinski definition) is 4. The number of carbonyl (C=O) groups is 1. The van der Waals surface area contributed by atoms with E-state index in [-0.39, 0.29) is 54.1 Å². The first kappa shape index (κ1) is 18.5. The molecule has 0 saturated heterocycles. The smallest absolute Gasteiger partial charge is 0.748 e. The second-order valence-electron chi connectivity index (χ2n) is 7.19. The monoisotopic (exact) mass is 338 g/mol. The number of urea groups is 1. The van der Waals surface area contributed by atoms with Crippen LogP contribution in [0.1, 0.15) is 44.9 Å². The van der Waals surface area contributed by atoms with Crippen LogP contribution in [0.2, 0.25) is 0 Å². The van der Waals surface area contributed by atoms with Gasteiger partial charge in [0.25, 0.3) is 0 Å². The van der Waals surface area contributed by atoms with Gasteiger partial charge in [-0.05, 0) is 62.7 Å². The van der Waals surface area contributed by atoms with Crippen LogP contribution in [0.15, 0.2) is 0 Å². The second kappa shape index (κ2) is 6.97. The van der Waals surface area contributed by atoms with E-state index < -0.39 is 15.9 Å². The predicted molar refractivity (Wildman–Crippen MR) is 76.6 cm³/mol. The molecule has 8 heteroatoms. The van der Waals surface area contributed by atoms with Crippen LogP contribution in [-0.4, -0.2) is 36.8 Å². The van der Waals surface area contributed by atoms with Crippen molar-refractivity contribution < 1.29 is 47.3 Å². The fraction of sp³-hybridized carbons (Fsp3) is 0.929. The topological polar surface area (TPSA) is 98.3 Å². The molecule has 2 amide bonds. The van der Waals surface area contributed by atoms with Gasteiger partial charge in [-0.1, -0.05) is 0 Å². The summed E-state index contributed by atoms with van der Waals surface area (Å²) in [6, 6.07) is -0.222. The molecule has 4 rings (SSSR count). The minimum absolute atomic E-state index is 0. The third-order valence-electron chi connectivity index (χ3n) is 5.27. The first-order valence-corrected chi connectivity index (χ1v) is 9.41. The van der Waals surface area contributed by atoms with Crippen LogP contribution in [0.3, 0.4) is 0 Å². The normalized spacial score (nSPS) is 35.8. The van der Waals surface area contributed by atoms with E-state index in [9.17, 15) is 17.8 Å². The van der Waals surface area contributed by atoms with Crippen molar-refractivity contribution in [2.45, 2.75) is 50.5 Å². The zero-order chi connectivity index (χ0) is 15.1. The van der Waals surface area contributed by atoms with Crippen LogP contribution in [-0.2, 0) is 10.1 Å². The van der Waals surface area contributed by atoms with E-state index in [1.165, 1.54) is 19.3 Å². The van der Waals surface area contributed by atoms with Gasteiger partial charge < -0.3 is 15.2 Å². The summed E-state index contributed by atoms with van der Waals surface area (Å²) in [7, 11) is -4.19. The van der Waals surface area contributed by atoms with Gasteiger partial charge in [-0.3, -0.25) is 0 Å². The van der Waals surface area contributed by atoms with E-state index in [1.54, 1.807) is 0 Å². The van der Waals surface area contributed by atoms with Crippen LogP contribution in [0.4, 0.5) is 4.79 Å². The quantitative estimate of drug-likeness (QED) is 0.351. The molecule has 0 aliphatic heterocycles. The zero-order valence-electron chi connectivity index (χ0n) is 13.1. The number of hydrogen-bond donors (Lipinski definition) is 2. The van der Waals surface area contributed by atoms with E-state index in [4.69, 9.17) is 0 Å². The van der Waals surface area contributed by atoms with Gasteiger partial charge in [-0.15, -0.1) is 0 Å². The van der Waals surface area contributed by atoms with Gasteiger partial charge in [0.05, 0.1) is 10.1 Å². The van der Waals surface area contributed by atoms with Crippen LogP contribution >= 0.6 is 0 Å². The fourth-order valence-corrected chi connectivity index (χ4v) is 5.50. The van der Waals surface area contributed by atoms with Gasteiger partial charge in [0, 0.05) is 17.8 Å². The molecule has 2 N–H and O–H groups in total. The predicted octanol–water partition coefficient (Wildman–Crippen LogP) is -1.81. The summed E-state index contributed by atoms with van der Waals surface area (Å²) < 4.78 is 31.5. The van der Waals surface area contributed by atoms with Gasteiger partial charge in [-0.2, -0.15) is 0 Å². The third kappa shape index (κ3) is 4.60. The molecular weight excluding hydrogens is 315 g/mol. The van der Waals surface area contributed by atoms with E-state index in [0.717, 1.165) is 37.0 Å². The molecule has 4 aliphatic carbocycles. The summed E-state index contributed by atoms with van der Waals surface area (Å²) in [6.07, 6.45) is 7.39. The Morgan fingerprint density at radius 2 is 1.59 bits per heavy atom. The summed E-state index contributed by atoms with van der Waals surface area (Å²) in [5, 5.41) is 5.82. The van der Waals surface area contributed by atoms with E-state index >= 15 is 0 Å². The molecule has 0 radical (unpaired) electrons. The molecule has 4 bridgehead atoms. The second-order valence-corrected chi connectivity index (χ2v) is 8.72. The van der Waals surface area contributed by atoms with Crippen LogP contribution in [0, 0.1) is 17.8 Å². The molecule has 4 fully saturated rings. The third-order valence-corrected chi connectivity index (χ3v) is 6.06. The van der Waals surface area contributed by atoms with Crippen molar-refractivity contribution in [2.75, 3.05) is 12.3 Å². The minimum atomic E-state index is -4.19. The fourth-order valence-electron chi connectivity index (χ4n) is 5.00. The summed E-state index contributed by atoms with van der Waals surface area (Å²) >= 11 is 0. The Morgan fingerprint density at radius 1 is 1.09 bits per heavy atom. The van der Waals surface area contributed by atoms with Gasteiger partial charge in [-0.25, -0.2) is 13.2 Å². The Morgan fingerprint density at radius 3 is 2.05 bits per heavy atom. The molecule has 6 nitrogen and oxygen atoms in total. The summed E-state index contributed by atoms with van der Waals surface area (Å²) in [5.41, 5.74) is -0.0383. The minimum Gasteiger partial charge on any atom is -0.748 e. The van der Waals surface area contributed by atoms with E-state index in [1.807, 2.05) is 0 Å². The largest absolute Gasteiger partial charge is 1.00 e. The van der Waals surface area contributed by atoms with E-state index in [0.29, 0.717) is 0 Å². The van der Waals surface area contributed by atoms with Crippen molar-refractivity contribution in [1.82, 2.24) is 10.6 Å². The Labute approximate surface area is 154 Å². The van der Waals surface area contributed by atoms with Crippen molar-refractivity contribution in [2.24, 2.45) is 17.8 Å². The maximum atomic E-state index is 12.0. The molecule has 4 saturated carbocycles. The first-order chi connectivity index (χ1) is 9.84. The Bertz CT molecular complexity index is 488. The summed E-state index contributed by atoms with van der Waals surface area (Å²) in [5.74, 6) is 1.87. The van der Waals surface area contributed by atoms with Gasteiger partial charge >= 0.3 is 35.6 Å². The molecular formula is C14H23N2NaO4S. The first-order valence-electron chi connectivity index (χ1n) is 7.83. The van der Waals surface area contributed by atoms with Crippen molar-refractivity contribution in [3.63, 3.8) is 0 Å². The number of carbonyl (C=O) groups excluding carboxylic acids is 1. The molecule has 0 aromatic carbocycles. The standard InChI is InChI=1S/C14H24N2O4S.Na/c17-13(15-2-1-3-21(18,19)20)16-14-7-10-4-11(8-14)6-12(5-10)9-14;/h10-12H,1-9H2,(H2,15,16,17)(H,18,19,20);/q;+1/p-1. The van der Waals surface area contributed by atoms with Crippen molar-refractivity contribution in [3.05, 3.63) is 0 Å². The molecule has 0 unspecified atom stereocenters. The molecule has 0 spiro atoms. The molecule has 0 aromatic rings. The van der Waals surface area contributed by atoms with E-state index in [2.05, 4.69) is 10.6 Å². The van der Waals surface area contributed by atoms with Gasteiger partial charge in [0.2, 0.25) is 0 Å². The van der Waals surface area contributed by atoms with Gasteiger partial charge in [0.1, 0.15) is 0 Å². The Kier molecular flexibility index (Phi) is 5.87. The van der Waals surface area contributed by atoms with Crippen molar-refractivity contribution in [1.29, 1.82) is 0 Å². The maximum Gasteiger partial charge on any atom is 1.00 e. The zero-order valence-corrected chi connectivity index (χ0v) is 16.0. The molecule has 22 heavy (non-hydrogen) atoms. The molecule has 120 valence electrons. The van der Waals surface area contributed by atoms with Crippen LogP contribution < -0.4 is 40.2 Å². The summed E-state index contributed by atoms with van der Waals surface area (Å²) in [4.78, 5) is 12.0. The molecule has 4 aliphatic rings. The van der Waals surface area contributed by atoms with Crippen molar-refractivity contribution >= 4 is 16.1 Å². The Balaban J connectivity index is 0.00000176. The summed E-state index contributed by atoms with van der Waals surface area (Å²) in [6.45, 7) is 0.222. The average Bonchev–Trinajstić information content (AvgIpc) is 2.31. The molecule has 0 heterocycles. The number of nitrogens with one attached hydrogen (secondary N) is 2. The van der Waals surface area contributed by atoms with Crippen molar-refractivity contribution in [3.8, 4) is 0 Å².